The summed E-state index contributed by atoms with van der Waals surface area (Å²) in [6, 6.07) is 6.22. The predicted molar refractivity (Wildman–Crippen MR) is 63.0 cm³/mol. The Hall–Kier alpha value is -1.09. The molecule has 80 valence electrons. The van der Waals surface area contributed by atoms with Gasteiger partial charge in [-0.2, -0.15) is 0 Å². The summed E-state index contributed by atoms with van der Waals surface area (Å²) in [5.74, 6) is 0.766. The minimum Gasteiger partial charge on any atom is -0.364 e. The molecule has 15 heavy (non-hydrogen) atoms. The third-order valence-corrected chi connectivity index (χ3v) is 3.49. The Bertz CT molecular complexity index is 403. The van der Waals surface area contributed by atoms with Crippen molar-refractivity contribution in [1.29, 1.82) is 0 Å². The molecule has 0 saturated heterocycles. The highest BCUT2D eigenvalue weighted by atomic mass is 32.1. The predicted octanol–water partition coefficient (Wildman–Crippen LogP) is 3.99. The quantitative estimate of drug-likeness (QED) is 0.780. The van der Waals surface area contributed by atoms with E-state index in [0.29, 0.717) is 0 Å². The molecule has 0 fully saturated rings. The topological polar surface area (TPSA) is 26.0 Å². The zero-order valence-corrected chi connectivity index (χ0v) is 9.88. The van der Waals surface area contributed by atoms with Gasteiger partial charge in [0.1, 0.15) is 12.0 Å². The Morgan fingerprint density at radius 1 is 1.33 bits per heavy atom. The first-order valence-corrected chi connectivity index (χ1v) is 6.07. The van der Waals surface area contributed by atoms with Gasteiger partial charge in [-0.25, -0.2) is 0 Å². The number of hydrogen-bond acceptors (Lipinski definition) is 3. The van der Waals surface area contributed by atoms with Gasteiger partial charge in [-0.15, -0.1) is 11.3 Å². The second-order valence-electron chi connectivity index (χ2n) is 4.08. The van der Waals surface area contributed by atoms with Gasteiger partial charge >= 0.3 is 0 Å². The molecule has 0 aliphatic rings. The molecule has 2 aromatic heterocycles. The highest BCUT2D eigenvalue weighted by Gasteiger charge is 2.05. The maximum absolute atomic E-state index is 4.83. The number of rotatable bonds is 4. The van der Waals surface area contributed by atoms with Crippen molar-refractivity contribution in [1.82, 2.24) is 5.16 Å². The fourth-order valence-corrected chi connectivity index (χ4v) is 2.40. The fourth-order valence-electron chi connectivity index (χ4n) is 1.42. The van der Waals surface area contributed by atoms with Crippen LogP contribution in [0.1, 0.15) is 25.1 Å². The Balaban J connectivity index is 2.04. The third kappa shape index (κ3) is 2.69. The van der Waals surface area contributed by atoms with Gasteiger partial charge in [0.05, 0.1) is 4.88 Å². The number of hydrogen-bond donors (Lipinski definition) is 0. The summed E-state index contributed by atoms with van der Waals surface area (Å²) in [6.45, 7) is 4.51. The monoisotopic (exact) mass is 221 g/mol. The summed E-state index contributed by atoms with van der Waals surface area (Å²) >= 11 is 1.81. The molecule has 0 aliphatic heterocycles. The van der Waals surface area contributed by atoms with E-state index < -0.39 is 0 Å². The second-order valence-corrected chi connectivity index (χ2v) is 5.25. The van der Waals surface area contributed by atoms with Crippen molar-refractivity contribution in [3.05, 3.63) is 29.3 Å². The van der Waals surface area contributed by atoms with Gasteiger partial charge in [0.2, 0.25) is 0 Å². The van der Waals surface area contributed by atoms with Crippen molar-refractivity contribution in [2.75, 3.05) is 0 Å². The first kappa shape index (κ1) is 10.4. The van der Waals surface area contributed by atoms with Crippen LogP contribution in [0.2, 0.25) is 0 Å². The molecule has 2 aromatic rings. The molecule has 0 bridgehead atoms. The highest BCUT2D eigenvalue weighted by molar-refractivity contribution is 7.15. The van der Waals surface area contributed by atoms with Crippen molar-refractivity contribution in [3.8, 4) is 10.6 Å². The van der Waals surface area contributed by atoms with E-state index >= 15 is 0 Å². The van der Waals surface area contributed by atoms with E-state index in [4.69, 9.17) is 4.52 Å². The van der Waals surface area contributed by atoms with E-state index in [2.05, 4.69) is 31.1 Å². The maximum Gasteiger partial charge on any atom is 0.124 e. The van der Waals surface area contributed by atoms with Crippen LogP contribution in [0.5, 0.6) is 0 Å². The summed E-state index contributed by atoms with van der Waals surface area (Å²) < 4.78 is 4.83. The van der Waals surface area contributed by atoms with E-state index in [-0.39, 0.29) is 0 Å². The van der Waals surface area contributed by atoms with Gasteiger partial charge in [0.15, 0.2) is 0 Å². The van der Waals surface area contributed by atoms with Crippen LogP contribution in [-0.2, 0) is 6.42 Å². The zero-order valence-electron chi connectivity index (χ0n) is 9.06. The molecular weight excluding hydrogens is 206 g/mol. The smallest absolute Gasteiger partial charge is 0.124 e. The Labute approximate surface area is 93.9 Å². The van der Waals surface area contributed by atoms with Crippen molar-refractivity contribution in [2.24, 2.45) is 5.92 Å². The molecule has 2 heterocycles. The zero-order chi connectivity index (χ0) is 10.7. The number of aromatic nitrogens is 1. The van der Waals surface area contributed by atoms with E-state index in [1.165, 1.54) is 22.6 Å². The normalized spacial score (nSPS) is 11.1. The lowest BCUT2D eigenvalue weighted by molar-refractivity contribution is 0.422. The Morgan fingerprint density at radius 2 is 2.20 bits per heavy atom. The molecule has 0 saturated carbocycles. The molecule has 0 N–H and O–H groups in total. The summed E-state index contributed by atoms with van der Waals surface area (Å²) in [6.07, 6.45) is 4.03. The van der Waals surface area contributed by atoms with Gasteiger partial charge < -0.3 is 4.52 Å². The molecule has 0 spiro atoms. The van der Waals surface area contributed by atoms with Crippen LogP contribution in [0, 0.1) is 5.92 Å². The average Bonchev–Trinajstić information content (AvgIpc) is 2.85. The van der Waals surface area contributed by atoms with Crippen molar-refractivity contribution in [3.63, 3.8) is 0 Å². The molecule has 0 aromatic carbocycles. The van der Waals surface area contributed by atoms with E-state index in [0.717, 1.165) is 11.6 Å². The van der Waals surface area contributed by atoms with Crippen LogP contribution in [0.25, 0.3) is 10.6 Å². The molecule has 0 aliphatic carbocycles. The summed E-state index contributed by atoms with van der Waals surface area (Å²) in [5, 5.41) is 3.93. The highest BCUT2D eigenvalue weighted by Crippen LogP contribution is 2.27. The number of thiophene rings is 1. The minimum atomic E-state index is 0.766. The van der Waals surface area contributed by atoms with Gasteiger partial charge in [0, 0.05) is 10.9 Å². The van der Waals surface area contributed by atoms with Crippen LogP contribution in [0.4, 0.5) is 0 Å². The van der Waals surface area contributed by atoms with E-state index in [1.807, 2.05) is 17.4 Å². The molecular formula is C12H15NOS. The number of nitrogens with zero attached hydrogens (tertiary/aromatic N) is 1. The number of aryl methyl sites for hydroxylation is 1. The SMILES string of the molecule is CC(C)CCc1ccc(-c2ccon2)s1. The molecule has 3 heteroatoms. The van der Waals surface area contributed by atoms with Crippen LogP contribution in [0.3, 0.4) is 0 Å². The Morgan fingerprint density at radius 3 is 2.87 bits per heavy atom. The van der Waals surface area contributed by atoms with Crippen LogP contribution < -0.4 is 0 Å². The van der Waals surface area contributed by atoms with Crippen LogP contribution in [0.15, 0.2) is 29.0 Å². The van der Waals surface area contributed by atoms with E-state index in [1.54, 1.807) is 6.26 Å². The van der Waals surface area contributed by atoms with Crippen molar-refractivity contribution < 1.29 is 4.52 Å². The maximum atomic E-state index is 4.83. The van der Waals surface area contributed by atoms with Crippen LogP contribution >= 0.6 is 11.3 Å². The van der Waals surface area contributed by atoms with Gasteiger partial charge in [0.25, 0.3) is 0 Å². The molecule has 2 rings (SSSR count). The summed E-state index contributed by atoms with van der Waals surface area (Å²) in [5.41, 5.74) is 0.941. The minimum absolute atomic E-state index is 0.766. The lowest BCUT2D eigenvalue weighted by atomic mass is 10.1. The summed E-state index contributed by atoms with van der Waals surface area (Å²) in [4.78, 5) is 2.63. The summed E-state index contributed by atoms with van der Waals surface area (Å²) in [7, 11) is 0. The van der Waals surface area contributed by atoms with Crippen molar-refractivity contribution in [2.45, 2.75) is 26.7 Å². The van der Waals surface area contributed by atoms with Gasteiger partial charge in [-0.05, 0) is 30.9 Å². The first-order valence-electron chi connectivity index (χ1n) is 5.25. The second kappa shape index (κ2) is 4.62. The average molecular weight is 221 g/mol. The van der Waals surface area contributed by atoms with Crippen LogP contribution in [-0.4, -0.2) is 5.16 Å². The molecule has 0 atom stereocenters. The van der Waals surface area contributed by atoms with E-state index in [9.17, 15) is 0 Å². The molecule has 0 radical (unpaired) electrons. The largest absolute Gasteiger partial charge is 0.364 e. The standard InChI is InChI=1S/C12H15NOS/c1-9(2)3-4-10-5-6-12(15-10)11-7-8-14-13-11/h5-9H,3-4H2,1-2H3. The van der Waals surface area contributed by atoms with Gasteiger partial charge in [-0.3, -0.25) is 0 Å². The third-order valence-electron chi connectivity index (χ3n) is 2.32. The lowest BCUT2D eigenvalue weighted by Gasteiger charge is -2.00. The van der Waals surface area contributed by atoms with Crippen molar-refractivity contribution >= 4 is 11.3 Å². The molecule has 0 amide bonds. The Kier molecular flexibility index (Phi) is 3.21. The lowest BCUT2D eigenvalue weighted by Crippen LogP contribution is -1.88. The molecule has 0 unspecified atom stereocenters. The molecule has 2 nitrogen and oxygen atoms in total. The fraction of sp³-hybridized carbons (Fsp3) is 0.417. The first-order chi connectivity index (χ1) is 7.25. The van der Waals surface area contributed by atoms with Gasteiger partial charge in [-0.1, -0.05) is 19.0 Å².